The highest BCUT2D eigenvalue weighted by Gasteiger charge is 2.24. The Labute approximate surface area is 361 Å². The zero-order valence-corrected chi connectivity index (χ0v) is 38.9. The summed E-state index contributed by atoms with van der Waals surface area (Å²) >= 11 is 0. The molecule has 6 nitrogen and oxygen atoms in total. The number of carbonyl (C=O) groups excluding carboxylic acids is 2. The van der Waals surface area contributed by atoms with Gasteiger partial charge in [-0.05, 0) is 70.6 Å². The van der Waals surface area contributed by atoms with Crippen LogP contribution in [-0.2, 0) is 14.3 Å². The van der Waals surface area contributed by atoms with E-state index >= 15 is 0 Å². The van der Waals surface area contributed by atoms with Crippen LogP contribution in [0.25, 0.3) is 0 Å². The lowest BCUT2D eigenvalue weighted by Gasteiger charge is -2.24. The molecule has 0 radical (unpaired) electrons. The molecule has 3 atom stereocenters. The molecule has 0 rings (SSSR count). The van der Waals surface area contributed by atoms with E-state index in [1.54, 1.807) is 0 Å². The van der Waals surface area contributed by atoms with Gasteiger partial charge in [0.1, 0.15) is 6.10 Å². The maximum atomic E-state index is 13.1. The van der Waals surface area contributed by atoms with Crippen LogP contribution in [-0.4, -0.2) is 46.9 Å². The highest BCUT2D eigenvalue weighted by atomic mass is 16.5. The Kier molecular flexibility index (Phi) is 45.1. The van der Waals surface area contributed by atoms with Gasteiger partial charge in [0.25, 0.3) is 0 Å². The molecule has 3 unspecified atom stereocenters. The third kappa shape index (κ3) is 41.1. The monoisotopic (exact) mass is 818 g/mol. The number of aliphatic hydroxyl groups excluding tert-OH is 2. The van der Waals surface area contributed by atoms with Gasteiger partial charge in [0.15, 0.2) is 0 Å². The van der Waals surface area contributed by atoms with Gasteiger partial charge in [-0.1, -0.05) is 212 Å². The summed E-state index contributed by atoms with van der Waals surface area (Å²) in [4.78, 5) is 26.1. The van der Waals surface area contributed by atoms with E-state index in [2.05, 4.69) is 50.4 Å². The number of allylic oxidation sites excluding steroid dienone is 4. The van der Waals surface area contributed by atoms with Gasteiger partial charge < -0.3 is 20.3 Å². The molecule has 0 bridgehead atoms. The van der Waals surface area contributed by atoms with Crippen LogP contribution in [0.1, 0.15) is 271 Å². The number of ether oxygens (including phenoxy) is 1. The number of unbranched alkanes of at least 4 members (excludes halogenated alkanes) is 30. The number of hydrogen-bond acceptors (Lipinski definition) is 5. The minimum atomic E-state index is -0.790. The van der Waals surface area contributed by atoms with Crippen LogP contribution in [0.3, 0.4) is 0 Å². The second-order valence-electron chi connectivity index (χ2n) is 17.6. The van der Waals surface area contributed by atoms with Crippen LogP contribution < -0.4 is 5.32 Å². The first-order valence-electron chi connectivity index (χ1n) is 25.6. The predicted molar refractivity (Wildman–Crippen MR) is 250 cm³/mol. The topological polar surface area (TPSA) is 95.9 Å². The van der Waals surface area contributed by atoms with Crippen LogP contribution in [0, 0.1) is 0 Å². The first kappa shape index (κ1) is 56.3. The van der Waals surface area contributed by atoms with Crippen molar-refractivity contribution in [3.8, 4) is 0 Å². The molecule has 1 amide bonds. The molecule has 0 fully saturated rings. The lowest BCUT2D eigenvalue weighted by Crippen LogP contribution is -2.46. The fourth-order valence-electron chi connectivity index (χ4n) is 7.84. The number of amides is 1. The fourth-order valence-corrected chi connectivity index (χ4v) is 7.84. The lowest BCUT2D eigenvalue weighted by molar-refractivity contribution is -0.151. The number of hydrogen-bond donors (Lipinski definition) is 3. The summed E-state index contributed by atoms with van der Waals surface area (Å²) in [6.45, 7) is 6.46. The largest absolute Gasteiger partial charge is 0.462 e. The van der Waals surface area contributed by atoms with Crippen LogP contribution in [0.5, 0.6) is 0 Å². The Morgan fingerprint density at radius 3 is 1.26 bits per heavy atom. The maximum absolute atomic E-state index is 13.1. The molecule has 0 aromatic heterocycles. The Balaban J connectivity index is 4.52. The third-order valence-electron chi connectivity index (χ3n) is 11.8. The van der Waals surface area contributed by atoms with Crippen molar-refractivity contribution in [2.75, 3.05) is 6.61 Å². The molecule has 3 N–H and O–H groups in total. The predicted octanol–water partition coefficient (Wildman–Crippen LogP) is 15.1. The van der Waals surface area contributed by atoms with Crippen molar-refractivity contribution in [1.82, 2.24) is 5.32 Å². The molecule has 58 heavy (non-hydrogen) atoms. The Morgan fingerprint density at radius 2 is 0.845 bits per heavy atom. The molecule has 6 heteroatoms. The van der Waals surface area contributed by atoms with E-state index in [0.717, 1.165) is 64.2 Å². The van der Waals surface area contributed by atoms with Gasteiger partial charge in [-0.25, -0.2) is 0 Å². The molecule has 0 aliphatic heterocycles. The summed E-state index contributed by atoms with van der Waals surface area (Å²) in [5.74, 6) is -0.504. The smallest absolute Gasteiger partial charge is 0.306 e. The quantitative estimate of drug-likeness (QED) is 0.0323. The van der Waals surface area contributed by atoms with Gasteiger partial charge in [-0.3, -0.25) is 9.59 Å². The summed E-state index contributed by atoms with van der Waals surface area (Å²) in [5.41, 5.74) is 0. The van der Waals surface area contributed by atoms with Gasteiger partial charge in [0, 0.05) is 6.42 Å². The molecule has 0 spiro atoms. The van der Waals surface area contributed by atoms with Crippen molar-refractivity contribution in [3.63, 3.8) is 0 Å². The van der Waals surface area contributed by atoms with Crippen molar-refractivity contribution >= 4 is 11.9 Å². The van der Waals surface area contributed by atoms with Gasteiger partial charge >= 0.3 is 5.97 Å². The van der Waals surface area contributed by atoms with Crippen LogP contribution >= 0.6 is 0 Å². The standard InChI is InChI=1S/C52H99NO5/c1-4-7-10-13-16-19-22-23-24-25-26-27-28-30-33-36-39-42-45-52(57)58-48(43-40-37-34-31-29-20-17-14-11-8-5-2)46-51(56)53-49(47-54)50(55)44-41-38-35-32-21-18-15-12-9-6-3/h26-27,31,34,48-50,54-55H,4-25,28-30,32-33,35-47H2,1-3H3,(H,53,56)/b27-26+,34-31-. The van der Waals surface area contributed by atoms with E-state index in [-0.39, 0.29) is 24.9 Å². The molecule has 0 aromatic carbocycles. The van der Waals surface area contributed by atoms with Crippen LogP contribution in [0.4, 0.5) is 0 Å². The third-order valence-corrected chi connectivity index (χ3v) is 11.8. The lowest BCUT2D eigenvalue weighted by atomic mass is 10.0. The molecule has 0 heterocycles. The van der Waals surface area contributed by atoms with Gasteiger partial charge in [0.05, 0.1) is 25.2 Å². The van der Waals surface area contributed by atoms with Crippen molar-refractivity contribution < 1.29 is 24.5 Å². The minimum Gasteiger partial charge on any atom is -0.462 e. The molecular weight excluding hydrogens is 719 g/mol. The average molecular weight is 818 g/mol. The number of carbonyl (C=O) groups is 2. The summed E-state index contributed by atoms with van der Waals surface area (Å²) < 4.78 is 5.90. The number of esters is 1. The summed E-state index contributed by atoms with van der Waals surface area (Å²) in [7, 11) is 0. The number of aliphatic hydroxyl groups is 2. The zero-order valence-electron chi connectivity index (χ0n) is 38.9. The normalized spacial score (nSPS) is 13.4. The minimum absolute atomic E-state index is 0.0569. The highest BCUT2D eigenvalue weighted by molar-refractivity contribution is 5.77. The highest BCUT2D eigenvalue weighted by Crippen LogP contribution is 2.17. The van der Waals surface area contributed by atoms with Crippen LogP contribution in [0.15, 0.2) is 24.3 Å². The number of nitrogens with one attached hydrogen (secondary N) is 1. The molecule has 0 saturated heterocycles. The van der Waals surface area contributed by atoms with E-state index in [9.17, 15) is 19.8 Å². The Bertz CT molecular complexity index is 919. The van der Waals surface area contributed by atoms with Crippen molar-refractivity contribution in [2.45, 2.75) is 289 Å². The van der Waals surface area contributed by atoms with Crippen LogP contribution in [0.2, 0.25) is 0 Å². The molecule has 342 valence electrons. The fraction of sp³-hybridized carbons (Fsp3) is 0.885. The van der Waals surface area contributed by atoms with E-state index < -0.39 is 18.2 Å². The molecular formula is C52H99NO5. The second kappa shape index (κ2) is 46.4. The SMILES string of the molecule is CCCCCCCC/C=C\CCCC(CC(=O)NC(CO)C(O)CCCCCCCCCCCC)OC(=O)CCCCCCC/C=C/CCCCCCCCCCC. The van der Waals surface area contributed by atoms with Gasteiger partial charge in [-0.2, -0.15) is 0 Å². The first-order chi connectivity index (χ1) is 28.5. The first-order valence-corrected chi connectivity index (χ1v) is 25.6. The molecule has 0 saturated carbocycles. The van der Waals surface area contributed by atoms with Crippen molar-refractivity contribution in [1.29, 1.82) is 0 Å². The van der Waals surface area contributed by atoms with Gasteiger partial charge in [-0.15, -0.1) is 0 Å². The average Bonchev–Trinajstić information content (AvgIpc) is 3.22. The van der Waals surface area contributed by atoms with E-state index in [1.165, 1.54) is 161 Å². The van der Waals surface area contributed by atoms with E-state index in [1.807, 2.05) is 0 Å². The maximum Gasteiger partial charge on any atom is 0.306 e. The Morgan fingerprint density at radius 1 is 0.483 bits per heavy atom. The molecule has 0 aliphatic carbocycles. The second-order valence-corrected chi connectivity index (χ2v) is 17.6. The zero-order chi connectivity index (χ0) is 42.4. The molecule has 0 aromatic rings. The van der Waals surface area contributed by atoms with Gasteiger partial charge in [0.2, 0.25) is 5.91 Å². The summed E-state index contributed by atoms with van der Waals surface area (Å²) in [5, 5.41) is 23.7. The molecule has 0 aliphatic rings. The Hall–Kier alpha value is -1.66. The van der Waals surface area contributed by atoms with E-state index in [0.29, 0.717) is 19.3 Å². The summed E-state index contributed by atoms with van der Waals surface area (Å²) in [6, 6.07) is -0.706. The van der Waals surface area contributed by atoms with Crippen molar-refractivity contribution in [2.24, 2.45) is 0 Å². The van der Waals surface area contributed by atoms with E-state index in [4.69, 9.17) is 4.74 Å². The van der Waals surface area contributed by atoms with Crippen molar-refractivity contribution in [3.05, 3.63) is 24.3 Å². The number of rotatable bonds is 46. The summed E-state index contributed by atoms with van der Waals surface area (Å²) in [6.07, 6.45) is 52.5.